The summed E-state index contributed by atoms with van der Waals surface area (Å²) in [6.07, 6.45) is 1.98. The van der Waals surface area contributed by atoms with E-state index in [9.17, 15) is 13.2 Å². The summed E-state index contributed by atoms with van der Waals surface area (Å²) >= 11 is 5.96. The van der Waals surface area contributed by atoms with Gasteiger partial charge in [0.15, 0.2) is 9.84 Å². The van der Waals surface area contributed by atoms with Crippen molar-refractivity contribution in [2.75, 3.05) is 5.75 Å². The Kier molecular flexibility index (Phi) is 5.39. The molecule has 1 amide bonds. The Labute approximate surface area is 159 Å². The maximum atomic E-state index is 13.1. The third-order valence-corrected chi connectivity index (χ3v) is 6.79. The fourth-order valence-corrected chi connectivity index (χ4v) is 4.04. The van der Waals surface area contributed by atoms with Crippen molar-refractivity contribution in [3.05, 3.63) is 64.7 Å². The van der Waals surface area contributed by atoms with Crippen LogP contribution >= 0.6 is 11.6 Å². The monoisotopic (exact) mass is 391 g/mol. The molecule has 0 radical (unpaired) electrons. The molecule has 2 aromatic rings. The fraction of sp³-hybridized carbons (Fsp3) is 0.350. The number of halogens is 1. The Bertz CT molecular complexity index is 888. The molecular weight excluding hydrogens is 370 g/mol. The molecular formula is C20H22ClNO3S. The lowest BCUT2D eigenvalue weighted by Gasteiger charge is -2.30. The van der Waals surface area contributed by atoms with Gasteiger partial charge in [-0.15, -0.1) is 0 Å². The molecule has 0 saturated heterocycles. The average molecular weight is 392 g/mol. The summed E-state index contributed by atoms with van der Waals surface area (Å²) in [5.74, 6) is -0.0300. The van der Waals surface area contributed by atoms with Crippen LogP contribution in [0.1, 0.15) is 48.7 Å². The highest BCUT2D eigenvalue weighted by Gasteiger charge is 2.36. The molecule has 26 heavy (non-hydrogen) atoms. The van der Waals surface area contributed by atoms with Crippen LogP contribution in [0.3, 0.4) is 0 Å². The molecule has 0 aliphatic heterocycles. The number of amides is 1. The van der Waals surface area contributed by atoms with E-state index in [0.717, 1.165) is 18.4 Å². The van der Waals surface area contributed by atoms with Crippen LogP contribution in [0, 0.1) is 0 Å². The molecule has 0 aromatic heterocycles. The molecule has 0 N–H and O–H groups in total. The maximum absolute atomic E-state index is 13.1. The van der Waals surface area contributed by atoms with Crippen molar-refractivity contribution in [2.24, 2.45) is 0 Å². The van der Waals surface area contributed by atoms with Gasteiger partial charge < -0.3 is 4.90 Å². The van der Waals surface area contributed by atoms with Gasteiger partial charge in [0.1, 0.15) is 0 Å². The second-order valence-corrected chi connectivity index (χ2v) is 9.31. The van der Waals surface area contributed by atoms with Crippen molar-refractivity contribution in [1.82, 2.24) is 4.90 Å². The topological polar surface area (TPSA) is 54.5 Å². The van der Waals surface area contributed by atoms with E-state index in [1.54, 1.807) is 19.1 Å². The van der Waals surface area contributed by atoms with E-state index in [2.05, 4.69) is 0 Å². The summed E-state index contributed by atoms with van der Waals surface area (Å²) in [7, 11) is -3.27. The van der Waals surface area contributed by atoms with Gasteiger partial charge in [-0.25, -0.2) is 8.42 Å². The Hall–Kier alpha value is -1.85. The summed E-state index contributed by atoms with van der Waals surface area (Å²) in [6.45, 7) is 3.62. The van der Waals surface area contributed by atoms with Gasteiger partial charge in [-0.2, -0.15) is 0 Å². The van der Waals surface area contributed by atoms with Crippen LogP contribution in [0.25, 0.3) is 0 Å². The molecule has 1 saturated carbocycles. The first-order valence-electron chi connectivity index (χ1n) is 8.74. The van der Waals surface area contributed by atoms with Crippen LogP contribution in [0.15, 0.2) is 53.4 Å². The predicted molar refractivity (Wildman–Crippen MR) is 103 cm³/mol. The van der Waals surface area contributed by atoms with Gasteiger partial charge in [0, 0.05) is 16.6 Å². The first kappa shape index (κ1) is 18.9. The van der Waals surface area contributed by atoms with Crippen LogP contribution in [-0.4, -0.2) is 31.0 Å². The van der Waals surface area contributed by atoms with Crippen LogP contribution in [-0.2, 0) is 9.84 Å². The van der Waals surface area contributed by atoms with Crippen LogP contribution in [0.5, 0.6) is 0 Å². The van der Waals surface area contributed by atoms with E-state index in [-0.39, 0.29) is 28.6 Å². The standard InChI is InChI=1S/C20H22ClNO3S/c1-3-26(24,25)19-12-6-16(7-13-19)20(23)22(18-10-11-18)14(2)15-4-8-17(21)9-5-15/h4-9,12-14,18H,3,10-11H2,1-2H3/t14-/m1/s1. The molecule has 1 fully saturated rings. The third-order valence-electron chi connectivity index (χ3n) is 4.78. The highest BCUT2D eigenvalue weighted by atomic mass is 35.5. The summed E-state index contributed by atoms with van der Waals surface area (Å²) < 4.78 is 23.9. The highest BCUT2D eigenvalue weighted by Crippen LogP contribution is 2.36. The molecule has 138 valence electrons. The Morgan fingerprint density at radius 3 is 2.19 bits per heavy atom. The number of rotatable bonds is 6. The van der Waals surface area contributed by atoms with Crippen molar-refractivity contribution in [3.8, 4) is 0 Å². The van der Waals surface area contributed by atoms with Crippen molar-refractivity contribution >= 4 is 27.3 Å². The van der Waals surface area contributed by atoms with E-state index < -0.39 is 9.84 Å². The summed E-state index contributed by atoms with van der Waals surface area (Å²) in [5.41, 5.74) is 1.53. The summed E-state index contributed by atoms with van der Waals surface area (Å²) in [5, 5.41) is 0.665. The van der Waals surface area contributed by atoms with Gasteiger partial charge >= 0.3 is 0 Å². The minimum Gasteiger partial charge on any atom is -0.329 e. The lowest BCUT2D eigenvalue weighted by molar-refractivity contribution is 0.0674. The minimum atomic E-state index is -3.27. The molecule has 6 heteroatoms. The van der Waals surface area contributed by atoms with Crippen molar-refractivity contribution in [1.29, 1.82) is 0 Å². The largest absolute Gasteiger partial charge is 0.329 e. The van der Waals surface area contributed by atoms with Gasteiger partial charge in [-0.3, -0.25) is 4.79 Å². The highest BCUT2D eigenvalue weighted by molar-refractivity contribution is 7.91. The van der Waals surface area contributed by atoms with Gasteiger partial charge in [0.05, 0.1) is 16.7 Å². The molecule has 1 atom stereocenters. The van der Waals surface area contributed by atoms with Gasteiger partial charge in [-0.1, -0.05) is 30.7 Å². The maximum Gasteiger partial charge on any atom is 0.254 e. The zero-order valence-electron chi connectivity index (χ0n) is 14.9. The second-order valence-electron chi connectivity index (χ2n) is 6.60. The predicted octanol–water partition coefficient (Wildman–Crippen LogP) is 4.50. The fourth-order valence-electron chi connectivity index (χ4n) is 3.03. The van der Waals surface area contributed by atoms with Crippen LogP contribution in [0.2, 0.25) is 5.02 Å². The van der Waals surface area contributed by atoms with E-state index in [4.69, 9.17) is 11.6 Å². The van der Waals surface area contributed by atoms with Gasteiger partial charge in [0.25, 0.3) is 5.91 Å². The second kappa shape index (κ2) is 7.41. The summed E-state index contributed by atoms with van der Waals surface area (Å²) in [6, 6.07) is 13.9. The number of sulfone groups is 1. The normalized spacial score (nSPS) is 15.5. The van der Waals surface area contributed by atoms with Gasteiger partial charge in [0.2, 0.25) is 0 Å². The molecule has 1 aliphatic carbocycles. The van der Waals surface area contributed by atoms with Crippen molar-refractivity contribution < 1.29 is 13.2 Å². The SMILES string of the molecule is CCS(=O)(=O)c1ccc(C(=O)N(C2CC2)[C@H](C)c2ccc(Cl)cc2)cc1. The Morgan fingerprint density at radius 1 is 1.12 bits per heavy atom. The van der Waals surface area contributed by atoms with E-state index >= 15 is 0 Å². The van der Waals surface area contributed by atoms with Crippen molar-refractivity contribution in [2.45, 2.75) is 43.7 Å². The molecule has 4 nitrogen and oxygen atoms in total. The molecule has 0 unspecified atom stereocenters. The lowest BCUT2D eigenvalue weighted by Crippen LogP contribution is -2.35. The number of benzene rings is 2. The van der Waals surface area contributed by atoms with E-state index in [1.165, 1.54) is 12.1 Å². The minimum absolute atomic E-state index is 0.0437. The third kappa shape index (κ3) is 3.94. The quantitative estimate of drug-likeness (QED) is 0.728. The molecule has 2 aromatic carbocycles. The first-order chi connectivity index (χ1) is 12.3. The lowest BCUT2D eigenvalue weighted by atomic mass is 10.1. The van der Waals surface area contributed by atoms with Crippen LogP contribution in [0.4, 0.5) is 0 Å². The average Bonchev–Trinajstić information content (AvgIpc) is 3.47. The number of carbonyl (C=O) groups is 1. The Morgan fingerprint density at radius 2 is 1.69 bits per heavy atom. The Balaban J connectivity index is 1.86. The summed E-state index contributed by atoms with van der Waals surface area (Å²) in [4.78, 5) is 15.2. The smallest absolute Gasteiger partial charge is 0.254 e. The number of carbonyl (C=O) groups excluding carboxylic acids is 1. The molecule has 3 rings (SSSR count). The zero-order valence-corrected chi connectivity index (χ0v) is 16.4. The number of nitrogens with zero attached hydrogens (tertiary/aromatic N) is 1. The molecule has 0 bridgehead atoms. The van der Waals surface area contributed by atoms with E-state index in [1.807, 2.05) is 36.1 Å². The van der Waals surface area contributed by atoms with Crippen LogP contribution < -0.4 is 0 Å². The van der Waals surface area contributed by atoms with E-state index in [0.29, 0.717) is 10.6 Å². The molecule has 0 heterocycles. The van der Waals surface area contributed by atoms with Gasteiger partial charge in [-0.05, 0) is 61.7 Å². The van der Waals surface area contributed by atoms with Crippen molar-refractivity contribution in [3.63, 3.8) is 0 Å². The number of hydrogen-bond acceptors (Lipinski definition) is 3. The zero-order chi connectivity index (χ0) is 18.9. The molecule has 1 aliphatic rings. The number of hydrogen-bond donors (Lipinski definition) is 0. The molecule has 0 spiro atoms. The first-order valence-corrected chi connectivity index (χ1v) is 10.8.